The van der Waals surface area contributed by atoms with Crippen molar-refractivity contribution in [3.63, 3.8) is 0 Å². The van der Waals surface area contributed by atoms with Crippen molar-refractivity contribution >= 4 is 16.8 Å². The molecule has 3 heterocycles. The SMILES string of the molecule is O=C(c1ccncn1)N1CCCC(Cc2cccc3ncccc23)CC1. The van der Waals surface area contributed by atoms with Crippen molar-refractivity contribution in [2.75, 3.05) is 13.1 Å². The van der Waals surface area contributed by atoms with Crippen molar-refractivity contribution in [3.05, 3.63) is 66.4 Å². The Hall–Kier alpha value is -2.82. The van der Waals surface area contributed by atoms with Gasteiger partial charge in [0.1, 0.15) is 12.0 Å². The van der Waals surface area contributed by atoms with Gasteiger partial charge in [0.15, 0.2) is 0 Å². The van der Waals surface area contributed by atoms with Gasteiger partial charge in [0.2, 0.25) is 0 Å². The summed E-state index contributed by atoms with van der Waals surface area (Å²) in [5.41, 5.74) is 2.90. The lowest BCUT2D eigenvalue weighted by Crippen LogP contribution is -2.32. The smallest absolute Gasteiger partial charge is 0.272 e. The normalized spacial score (nSPS) is 17.8. The van der Waals surface area contributed by atoms with E-state index in [0.717, 1.165) is 44.3 Å². The summed E-state index contributed by atoms with van der Waals surface area (Å²) in [7, 11) is 0. The monoisotopic (exact) mass is 346 g/mol. The number of amides is 1. The topological polar surface area (TPSA) is 59.0 Å². The molecule has 26 heavy (non-hydrogen) atoms. The zero-order valence-corrected chi connectivity index (χ0v) is 14.7. The fraction of sp³-hybridized carbons (Fsp3) is 0.333. The third-order valence-electron chi connectivity index (χ3n) is 5.18. The number of fused-ring (bicyclic) bond motifs is 1. The van der Waals surface area contributed by atoms with Gasteiger partial charge in [-0.05, 0) is 55.4 Å². The summed E-state index contributed by atoms with van der Waals surface area (Å²) in [6, 6.07) is 12.2. The number of nitrogens with zero attached hydrogens (tertiary/aromatic N) is 4. The summed E-state index contributed by atoms with van der Waals surface area (Å²) >= 11 is 0. The van der Waals surface area contributed by atoms with Crippen molar-refractivity contribution in [1.82, 2.24) is 19.9 Å². The number of benzene rings is 1. The van der Waals surface area contributed by atoms with Crippen LogP contribution in [0.15, 0.2) is 55.1 Å². The molecule has 0 saturated carbocycles. The average Bonchev–Trinajstić information content (AvgIpc) is 2.94. The Labute approximate surface area is 153 Å². The predicted octanol–water partition coefficient (Wildman–Crippen LogP) is 3.51. The summed E-state index contributed by atoms with van der Waals surface area (Å²) in [4.78, 5) is 27.0. The molecule has 1 saturated heterocycles. The van der Waals surface area contributed by atoms with Crippen LogP contribution in [0.4, 0.5) is 0 Å². The second-order valence-electron chi connectivity index (χ2n) is 6.88. The van der Waals surface area contributed by atoms with Crippen LogP contribution in [0.5, 0.6) is 0 Å². The number of hydrogen-bond acceptors (Lipinski definition) is 4. The molecule has 1 aliphatic heterocycles. The van der Waals surface area contributed by atoms with Crippen LogP contribution >= 0.6 is 0 Å². The Kier molecular flexibility index (Phi) is 4.86. The predicted molar refractivity (Wildman–Crippen MR) is 101 cm³/mol. The fourth-order valence-electron chi connectivity index (χ4n) is 3.81. The van der Waals surface area contributed by atoms with Gasteiger partial charge in [-0.3, -0.25) is 9.78 Å². The van der Waals surface area contributed by atoms with Gasteiger partial charge in [-0.1, -0.05) is 18.2 Å². The molecular weight excluding hydrogens is 324 g/mol. The quantitative estimate of drug-likeness (QED) is 0.728. The zero-order valence-electron chi connectivity index (χ0n) is 14.7. The van der Waals surface area contributed by atoms with E-state index < -0.39 is 0 Å². The highest BCUT2D eigenvalue weighted by Crippen LogP contribution is 2.26. The molecule has 0 bridgehead atoms. The van der Waals surface area contributed by atoms with Crippen LogP contribution in [0, 0.1) is 5.92 Å². The van der Waals surface area contributed by atoms with Crippen LogP contribution in [0.3, 0.4) is 0 Å². The molecule has 0 N–H and O–H groups in total. The highest BCUT2D eigenvalue weighted by atomic mass is 16.2. The van der Waals surface area contributed by atoms with E-state index in [1.54, 1.807) is 12.3 Å². The van der Waals surface area contributed by atoms with Crippen molar-refractivity contribution in [3.8, 4) is 0 Å². The zero-order chi connectivity index (χ0) is 17.8. The molecule has 1 unspecified atom stereocenters. The lowest BCUT2D eigenvalue weighted by Gasteiger charge is -2.20. The largest absolute Gasteiger partial charge is 0.337 e. The first kappa shape index (κ1) is 16.6. The van der Waals surface area contributed by atoms with Gasteiger partial charge in [-0.25, -0.2) is 9.97 Å². The average molecular weight is 346 g/mol. The number of aromatic nitrogens is 3. The Balaban J connectivity index is 1.45. The standard InChI is InChI=1S/C21H22N4O/c26-21(20-8-11-22-15-24-20)25-12-3-4-16(9-13-25)14-17-5-1-7-19-18(17)6-2-10-23-19/h1-2,5-8,10-11,15-16H,3-4,9,12-14H2. The molecule has 1 fully saturated rings. The lowest BCUT2D eigenvalue weighted by atomic mass is 9.91. The van der Waals surface area contributed by atoms with Gasteiger partial charge in [-0.15, -0.1) is 0 Å². The first-order valence-corrected chi connectivity index (χ1v) is 9.19. The maximum atomic E-state index is 12.6. The van der Waals surface area contributed by atoms with Gasteiger partial charge in [0.25, 0.3) is 5.91 Å². The highest BCUT2D eigenvalue weighted by Gasteiger charge is 2.22. The van der Waals surface area contributed by atoms with Crippen LogP contribution < -0.4 is 0 Å². The molecular formula is C21H22N4O. The third kappa shape index (κ3) is 3.57. The number of carbonyl (C=O) groups excluding carboxylic acids is 1. The molecule has 3 aromatic rings. The van der Waals surface area contributed by atoms with Gasteiger partial charge in [-0.2, -0.15) is 0 Å². The lowest BCUT2D eigenvalue weighted by molar-refractivity contribution is 0.0754. The second kappa shape index (κ2) is 7.60. The summed E-state index contributed by atoms with van der Waals surface area (Å²) < 4.78 is 0. The first-order valence-electron chi connectivity index (χ1n) is 9.19. The molecule has 5 nitrogen and oxygen atoms in total. The molecule has 5 heteroatoms. The molecule has 1 amide bonds. The van der Waals surface area contributed by atoms with Gasteiger partial charge in [0, 0.05) is 30.9 Å². The molecule has 0 radical (unpaired) electrons. The molecule has 1 atom stereocenters. The maximum Gasteiger partial charge on any atom is 0.272 e. The molecule has 4 rings (SSSR count). The van der Waals surface area contributed by atoms with E-state index in [1.807, 2.05) is 17.2 Å². The minimum atomic E-state index is 0.0161. The number of likely N-dealkylation sites (tertiary alicyclic amines) is 1. The van der Waals surface area contributed by atoms with Crippen LogP contribution in [0.2, 0.25) is 0 Å². The summed E-state index contributed by atoms with van der Waals surface area (Å²) in [6.45, 7) is 1.59. The highest BCUT2D eigenvalue weighted by molar-refractivity contribution is 5.92. The van der Waals surface area contributed by atoms with E-state index in [9.17, 15) is 4.79 Å². The van der Waals surface area contributed by atoms with Crippen molar-refractivity contribution in [2.45, 2.75) is 25.7 Å². The minimum Gasteiger partial charge on any atom is -0.337 e. The van der Waals surface area contributed by atoms with Crippen LogP contribution in [-0.2, 0) is 6.42 Å². The Morgan fingerprint density at radius 2 is 2.00 bits per heavy atom. The molecule has 2 aromatic heterocycles. The number of carbonyl (C=O) groups is 1. The van der Waals surface area contributed by atoms with E-state index in [1.165, 1.54) is 17.3 Å². The number of pyridine rings is 1. The first-order chi connectivity index (χ1) is 12.8. The van der Waals surface area contributed by atoms with E-state index in [-0.39, 0.29) is 5.91 Å². The van der Waals surface area contributed by atoms with E-state index >= 15 is 0 Å². The van der Waals surface area contributed by atoms with Gasteiger partial charge >= 0.3 is 0 Å². The van der Waals surface area contributed by atoms with Crippen molar-refractivity contribution in [2.24, 2.45) is 5.92 Å². The molecule has 0 spiro atoms. The number of hydrogen-bond donors (Lipinski definition) is 0. The van der Waals surface area contributed by atoms with E-state index in [2.05, 4.69) is 39.2 Å². The molecule has 132 valence electrons. The van der Waals surface area contributed by atoms with Crippen LogP contribution in [0.25, 0.3) is 10.9 Å². The fourth-order valence-corrected chi connectivity index (χ4v) is 3.81. The van der Waals surface area contributed by atoms with Crippen LogP contribution in [0.1, 0.15) is 35.3 Å². The molecule has 0 aliphatic carbocycles. The van der Waals surface area contributed by atoms with Gasteiger partial charge < -0.3 is 4.90 Å². The van der Waals surface area contributed by atoms with Crippen molar-refractivity contribution in [1.29, 1.82) is 0 Å². The second-order valence-corrected chi connectivity index (χ2v) is 6.88. The van der Waals surface area contributed by atoms with E-state index in [0.29, 0.717) is 11.6 Å². The minimum absolute atomic E-state index is 0.0161. The summed E-state index contributed by atoms with van der Waals surface area (Å²) in [6.07, 6.45) is 9.13. The molecule has 1 aliphatic rings. The maximum absolute atomic E-state index is 12.6. The number of rotatable bonds is 3. The van der Waals surface area contributed by atoms with Crippen molar-refractivity contribution < 1.29 is 4.79 Å². The Morgan fingerprint density at radius 1 is 1.04 bits per heavy atom. The summed E-state index contributed by atoms with van der Waals surface area (Å²) in [5, 5.41) is 1.24. The Bertz CT molecular complexity index is 891. The van der Waals surface area contributed by atoms with Crippen LogP contribution in [-0.4, -0.2) is 38.8 Å². The summed E-state index contributed by atoms with van der Waals surface area (Å²) in [5.74, 6) is 0.603. The van der Waals surface area contributed by atoms with E-state index in [4.69, 9.17) is 0 Å². The third-order valence-corrected chi connectivity index (χ3v) is 5.18. The molecule has 1 aromatic carbocycles. The Morgan fingerprint density at radius 3 is 2.88 bits per heavy atom. The van der Waals surface area contributed by atoms with Gasteiger partial charge in [0.05, 0.1) is 5.52 Å².